The minimum atomic E-state index is -1.08. The molecule has 0 bridgehead atoms. The number of carbonyl (C=O) groups is 2. The Morgan fingerprint density at radius 1 is 1.00 bits per heavy atom. The smallest absolute Gasteiger partial charge is 0.870 e. The zero-order chi connectivity index (χ0) is 7.15. The molecule has 0 aromatic heterocycles. The summed E-state index contributed by atoms with van der Waals surface area (Å²) in [5.74, 6) is -2.17. The van der Waals surface area contributed by atoms with Gasteiger partial charge in [-0.1, -0.05) is 0 Å². The Hall–Kier alpha value is 0.0169. The molecule has 0 spiro atoms. The van der Waals surface area contributed by atoms with Gasteiger partial charge in [0.2, 0.25) is 0 Å². The number of carbonyl (C=O) groups excluding carboxylic acids is 2. The van der Waals surface area contributed by atoms with Gasteiger partial charge in [0.1, 0.15) is 0 Å². The van der Waals surface area contributed by atoms with Gasteiger partial charge in [0.25, 0.3) is 0 Å². The second-order valence-corrected chi connectivity index (χ2v) is 0.983. The van der Waals surface area contributed by atoms with E-state index in [0.717, 1.165) is 13.8 Å². The Morgan fingerprint density at radius 3 is 1.00 bits per heavy atom. The number of hydrogen-bond acceptors (Lipinski definition) is 5. The van der Waals surface area contributed by atoms with Crippen molar-refractivity contribution in [2.24, 2.45) is 0 Å². The van der Waals surface area contributed by atoms with Crippen LogP contribution in [0.3, 0.4) is 0 Å². The molecule has 11 heavy (non-hydrogen) atoms. The van der Waals surface area contributed by atoms with Crippen molar-refractivity contribution in [3.05, 3.63) is 0 Å². The van der Waals surface area contributed by atoms with Gasteiger partial charge in [-0.05, 0) is 13.8 Å². The molecule has 0 fully saturated rings. The average molecular weight is 197 g/mol. The summed E-state index contributed by atoms with van der Waals surface area (Å²) in [5, 5.41) is 17.8. The number of hydrogen-bond donors (Lipinski definition) is 0. The van der Waals surface area contributed by atoms with E-state index >= 15 is 0 Å². The van der Waals surface area contributed by atoms with Crippen LogP contribution in [0.4, 0.5) is 0 Å². The topological polar surface area (TPSA) is 110 Å². The van der Waals surface area contributed by atoms with E-state index in [4.69, 9.17) is 19.8 Å². The van der Waals surface area contributed by atoms with Crippen LogP contribution < -0.4 is 29.1 Å². The fourth-order valence-corrected chi connectivity index (χ4v) is 0. The maximum Gasteiger partial charge on any atom is 2.00 e. The van der Waals surface area contributed by atoms with Crippen molar-refractivity contribution in [1.82, 2.24) is 0 Å². The first-order valence-corrected chi connectivity index (χ1v) is 1.82. The minimum absolute atomic E-state index is 0. The normalized spacial score (nSPS) is 4.55. The maximum absolute atomic E-state index is 8.89. The second kappa shape index (κ2) is 22.5. The molecule has 61 valence electrons. The van der Waals surface area contributed by atoms with Crippen molar-refractivity contribution in [2.75, 3.05) is 0 Å². The third-order valence-corrected chi connectivity index (χ3v) is 0. The van der Waals surface area contributed by atoms with Gasteiger partial charge in [0.15, 0.2) is 0 Å². The van der Waals surface area contributed by atoms with Crippen LogP contribution in [0.25, 0.3) is 0 Å². The summed E-state index contributed by atoms with van der Waals surface area (Å²) < 4.78 is 0. The predicted molar refractivity (Wildman–Crippen MR) is 23.3 cm³/mol. The van der Waals surface area contributed by atoms with E-state index in [1.807, 2.05) is 0 Å². The molecule has 0 aromatic carbocycles. The van der Waals surface area contributed by atoms with Crippen molar-refractivity contribution in [3.63, 3.8) is 0 Å². The SMILES string of the molecule is CC(=O)[O-].CC(=O)[O-].[Li+].[Mn+2].[OH-]. The predicted octanol–water partition coefficient (Wildman–Crippen LogP) is -5.66. The van der Waals surface area contributed by atoms with Crippen LogP contribution in [0, 0.1) is 0 Å². The van der Waals surface area contributed by atoms with E-state index in [-0.39, 0.29) is 41.4 Å². The van der Waals surface area contributed by atoms with Crippen LogP contribution in [-0.4, -0.2) is 17.4 Å². The monoisotopic (exact) mass is 197 g/mol. The van der Waals surface area contributed by atoms with Crippen molar-refractivity contribution in [2.45, 2.75) is 13.8 Å². The zero-order valence-electron chi connectivity index (χ0n) is 6.46. The molecule has 0 aliphatic rings. The summed E-state index contributed by atoms with van der Waals surface area (Å²) in [6.07, 6.45) is 0. The summed E-state index contributed by atoms with van der Waals surface area (Å²) in [7, 11) is 0. The van der Waals surface area contributed by atoms with E-state index in [2.05, 4.69) is 0 Å². The Kier molecular flexibility index (Phi) is 62.4. The molecular weight excluding hydrogens is 190 g/mol. The molecule has 5 nitrogen and oxygen atoms in total. The van der Waals surface area contributed by atoms with Gasteiger partial charge in [-0.15, -0.1) is 0 Å². The Morgan fingerprint density at radius 2 is 1.00 bits per heavy atom. The van der Waals surface area contributed by atoms with Gasteiger partial charge in [0, 0.05) is 11.9 Å². The number of carboxylic acid groups (broad SMARTS) is 2. The molecule has 0 amide bonds. The van der Waals surface area contributed by atoms with Crippen LogP contribution in [0.2, 0.25) is 0 Å². The number of rotatable bonds is 0. The first kappa shape index (κ1) is 30.5. The van der Waals surface area contributed by atoms with Crippen LogP contribution in [0.1, 0.15) is 13.8 Å². The Labute approximate surface area is 87.1 Å². The first-order valence-electron chi connectivity index (χ1n) is 1.82. The van der Waals surface area contributed by atoms with Gasteiger partial charge < -0.3 is 25.3 Å². The standard InChI is InChI=1S/2C2H4O2.Li.Mn.H2O/c2*1-2(3)4;;;/h2*1H3,(H,3,4);;;1H2/q;;+1;+2;/p-3. The molecule has 0 aliphatic heterocycles. The molecule has 0 heterocycles. The van der Waals surface area contributed by atoms with Gasteiger partial charge in [0.05, 0.1) is 0 Å². The van der Waals surface area contributed by atoms with Crippen LogP contribution in [-0.2, 0) is 26.7 Å². The second-order valence-electron chi connectivity index (χ2n) is 0.983. The quantitative estimate of drug-likeness (QED) is 0.359. The molecular formula is C4H7LiMnO5. The third-order valence-electron chi connectivity index (χ3n) is 0. The largest absolute Gasteiger partial charge is 2.00 e. The van der Waals surface area contributed by atoms with Crippen LogP contribution >= 0.6 is 0 Å². The van der Waals surface area contributed by atoms with E-state index < -0.39 is 11.9 Å². The molecule has 0 aliphatic carbocycles. The van der Waals surface area contributed by atoms with Crippen LogP contribution in [0.15, 0.2) is 0 Å². The zero-order valence-corrected chi connectivity index (χ0v) is 7.64. The summed E-state index contributed by atoms with van der Waals surface area (Å²) in [4.78, 5) is 17.8. The fourth-order valence-electron chi connectivity index (χ4n) is 0. The Bertz CT molecular complexity index is 76.5. The molecule has 0 saturated heterocycles. The molecule has 0 atom stereocenters. The molecule has 7 heteroatoms. The number of aliphatic carboxylic acids is 2. The molecule has 1 N–H and O–H groups in total. The summed E-state index contributed by atoms with van der Waals surface area (Å²) in [6.45, 7) is 1.94. The average Bonchev–Trinajstić information content (AvgIpc) is 1.25. The van der Waals surface area contributed by atoms with Crippen molar-refractivity contribution >= 4 is 11.9 Å². The van der Waals surface area contributed by atoms with E-state index in [1.54, 1.807) is 0 Å². The molecule has 0 aromatic rings. The van der Waals surface area contributed by atoms with E-state index in [9.17, 15) is 0 Å². The van der Waals surface area contributed by atoms with Gasteiger partial charge in [-0.2, -0.15) is 0 Å². The van der Waals surface area contributed by atoms with E-state index in [1.165, 1.54) is 0 Å². The van der Waals surface area contributed by atoms with Crippen molar-refractivity contribution in [1.29, 1.82) is 0 Å². The molecule has 1 radical (unpaired) electrons. The van der Waals surface area contributed by atoms with Gasteiger partial charge in [-0.25, -0.2) is 0 Å². The Balaban J connectivity index is -0.0000000171. The minimum Gasteiger partial charge on any atom is -0.870 e. The summed E-state index contributed by atoms with van der Waals surface area (Å²) in [5.41, 5.74) is 0. The molecule has 0 unspecified atom stereocenters. The summed E-state index contributed by atoms with van der Waals surface area (Å²) in [6, 6.07) is 0. The third kappa shape index (κ3) is 2260000. The number of carboxylic acids is 2. The fraction of sp³-hybridized carbons (Fsp3) is 0.500. The van der Waals surface area contributed by atoms with Gasteiger partial charge in [-0.3, -0.25) is 0 Å². The first-order chi connectivity index (χ1) is 3.46. The van der Waals surface area contributed by atoms with E-state index in [0.29, 0.717) is 0 Å². The van der Waals surface area contributed by atoms with Crippen molar-refractivity contribution in [3.8, 4) is 0 Å². The molecule has 0 rings (SSSR count). The van der Waals surface area contributed by atoms with Crippen molar-refractivity contribution < 1.29 is 61.2 Å². The molecule has 0 saturated carbocycles. The van der Waals surface area contributed by atoms with Gasteiger partial charge >= 0.3 is 35.9 Å². The van der Waals surface area contributed by atoms with Crippen LogP contribution in [0.5, 0.6) is 0 Å². The summed E-state index contributed by atoms with van der Waals surface area (Å²) >= 11 is 0. The maximum atomic E-state index is 8.89.